The van der Waals surface area contributed by atoms with E-state index >= 15 is 0 Å². The SMILES string of the molecule is CC(=O)Nc1ccc(S(=O)(=O)N2CCCC(C(=O)Nc3ccncc3)C2)cc1. The molecular formula is C19H22N4O4S. The van der Waals surface area contributed by atoms with Crippen LogP contribution in [0.1, 0.15) is 19.8 Å². The first-order chi connectivity index (χ1) is 13.4. The number of hydrogen-bond acceptors (Lipinski definition) is 5. The highest BCUT2D eigenvalue weighted by molar-refractivity contribution is 7.89. The van der Waals surface area contributed by atoms with Gasteiger partial charge in [-0.2, -0.15) is 4.31 Å². The van der Waals surface area contributed by atoms with Gasteiger partial charge in [-0.25, -0.2) is 8.42 Å². The summed E-state index contributed by atoms with van der Waals surface area (Å²) in [6, 6.07) is 9.39. The van der Waals surface area contributed by atoms with Gasteiger partial charge in [0.2, 0.25) is 21.8 Å². The number of piperidine rings is 1. The van der Waals surface area contributed by atoms with E-state index in [1.54, 1.807) is 36.7 Å². The predicted octanol–water partition coefficient (Wildman–Crippen LogP) is 2.08. The third-order valence-corrected chi connectivity index (χ3v) is 6.39. The maximum atomic E-state index is 12.9. The lowest BCUT2D eigenvalue weighted by molar-refractivity contribution is -0.121. The van der Waals surface area contributed by atoms with E-state index in [1.807, 2.05) is 0 Å². The smallest absolute Gasteiger partial charge is 0.243 e. The van der Waals surface area contributed by atoms with Crippen molar-refractivity contribution in [2.45, 2.75) is 24.7 Å². The van der Waals surface area contributed by atoms with Crippen LogP contribution >= 0.6 is 0 Å². The number of sulfonamides is 1. The van der Waals surface area contributed by atoms with E-state index in [1.165, 1.54) is 23.4 Å². The van der Waals surface area contributed by atoms with Gasteiger partial charge in [0, 0.05) is 43.8 Å². The summed E-state index contributed by atoms with van der Waals surface area (Å²) in [5.74, 6) is -0.850. The van der Waals surface area contributed by atoms with E-state index < -0.39 is 15.9 Å². The summed E-state index contributed by atoms with van der Waals surface area (Å²) in [6.45, 7) is 1.89. The molecule has 0 bridgehead atoms. The molecule has 1 aromatic carbocycles. The second-order valence-electron chi connectivity index (χ2n) is 6.63. The average molecular weight is 402 g/mol. The number of carbonyl (C=O) groups is 2. The number of nitrogens with one attached hydrogen (secondary N) is 2. The summed E-state index contributed by atoms with van der Waals surface area (Å²) >= 11 is 0. The van der Waals surface area contributed by atoms with Gasteiger partial charge in [0.15, 0.2) is 0 Å². The third kappa shape index (κ3) is 4.73. The van der Waals surface area contributed by atoms with Gasteiger partial charge < -0.3 is 10.6 Å². The van der Waals surface area contributed by atoms with Gasteiger partial charge in [0.05, 0.1) is 10.8 Å². The molecule has 148 valence electrons. The molecule has 9 heteroatoms. The van der Waals surface area contributed by atoms with Crippen molar-refractivity contribution in [1.29, 1.82) is 0 Å². The van der Waals surface area contributed by atoms with Crippen LogP contribution in [0.15, 0.2) is 53.7 Å². The highest BCUT2D eigenvalue weighted by Gasteiger charge is 2.33. The molecule has 0 aliphatic carbocycles. The number of nitrogens with zero attached hydrogens (tertiary/aromatic N) is 2. The normalized spacial score (nSPS) is 17.7. The predicted molar refractivity (Wildman–Crippen MR) is 105 cm³/mol. The van der Waals surface area contributed by atoms with Crippen LogP contribution in [0.4, 0.5) is 11.4 Å². The van der Waals surface area contributed by atoms with E-state index in [0.29, 0.717) is 30.8 Å². The number of benzene rings is 1. The summed E-state index contributed by atoms with van der Waals surface area (Å²) in [5.41, 5.74) is 1.16. The van der Waals surface area contributed by atoms with Crippen molar-refractivity contribution in [2.24, 2.45) is 5.92 Å². The van der Waals surface area contributed by atoms with Gasteiger partial charge in [0.25, 0.3) is 0 Å². The van der Waals surface area contributed by atoms with Crippen LogP contribution in [-0.2, 0) is 19.6 Å². The Morgan fingerprint density at radius 3 is 2.32 bits per heavy atom. The summed E-state index contributed by atoms with van der Waals surface area (Å²) < 4.78 is 27.2. The topological polar surface area (TPSA) is 108 Å². The average Bonchev–Trinajstić information content (AvgIpc) is 2.69. The number of carbonyl (C=O) groups excluding carboxylic acids is 2. The molecule has 0 radical (unpaired) electrons. The molecule has 1 atom stereocenters. The summed E-state index contributed by atoms with van der Waals surface area (Å²) in [7, 11) is -3.72. The number of pyridine rings is 1. The van der Waals surface area contributed by atoms with Crippen molar-refractivity contribution in [1.82, 2.24) is 9.29 Å². The molecule has 1 unspecified atom stereocenters. The molecule has 1 aliphatic heterocycles. The van der Waals surface area contributed by atoms with Crippen molar-refractivity contribution in [3.05, 3.63) is 48.8 Å². The standard InChI is InChI=1S/C19H22N4O4S/c1-14(24)21-16-4-6-18(7-5-16)28(26,27)23-12-2-3-15(13-23)19(25)22-17-8-10-20-11-9-17/h4-11,15H,2-3,12-13H2,1H3,(H,21,24)(H,20,22,25). The Hall–Kier alpha value is -2.78. The van der Waals surface area contributed by atoms with Crippen molar-refractivity contribution in [3.63, 3.8) is 0 Å². The van der Waals surface area contributed by atoms with Crippen LogP contribution in [0, 0.1) is 5.92 Å². The fourth-order valence-electron chi connectivity index (χ4n) is 3.12. The zero-order valence-corrected chi connectivity index (χ0v) is 16.3. The maximum absolute atomic E-state index is 12.9. The highest BCUT2D eigenvalue weighted by Crippen LogP contribution is 2.25. The monoisotopic (exact) mass is 402 g/mol. The van der Waals surface area contributed by atoms with Crippen molar-refractivity contribution < 1.29 is 18.0 Å². The fourth-order valence-corrected chi connectivity index (χ4v) is 4.64. The molecule has 3 rings (SSSR count). The van der Waals surface area contributed by atoms with Gasteiger partial charge in [-0.15, -0.1) is 0 Å². The fraction of sp³-hybridized carbons (Fsp3) is 0.316. The number of anilines is 2. The van der Waals surface area contributed by atoms with Crippen molar-refractivity contribution in [3.8, 4) is 0 Å². The summed E-state index contributed by atoms with van der Waals surface area (Å²) in [6.07, 6.45) is 4.40. The molecule has 1 aliphatic rings. The summed E-state index contributed by atoms with van der Waals surface area (Å²) in [5, 5.41) is 5.41. The Morgan fingerprint density at radius 1 is 1.04 bits per heavy atom. The first-order valence-electron chi connectivity index (χ1n) is 8.95. The van der Waals surface area contributed by atoms with E-state index in [4.69, 9.17) is 0 Å². The minimum atomic E-state index is -3.72. The molecule has 0 saturated carbocycles. The van der Waals surface area contributed by atoms with Gasteiger partial charge in [-0.05, 0) is 49.2 Å². The van der Waals surface area contributed by atoms with Gasteiger partial charge in [0.1, 0.15) is 0 Å². The molecule has 2 aromatic rings. The molecule has 2 amide bonds. The molecule has 2 heterocycles. The largest absolute Gasteiger partial charge is 0.326 e. The van der Waals surface area contributed by atoms with Crippen molar-refractivity contribution in [2.75, 3.05) is 23.7 Å². The highest BCUT2D eigenvalue weighted by atomic mass is 32.2. The zero-order chi connectivity index (χ0) is 20.1. The van der Waals surface area contributed by atoms with E-state index in [2.05, 4.69) is 15.6 Å². The van der Waals surface area contributed by atoms with E-state index in [9.17, 15) is 18.0 Å². The second-order valence-corrected chi connectivity index (χ2v) is 8.57. The second kappa shape index (κ2) is 8.49. The van der Waals surface area contributed by atoms with Gasteiger partial charge in [-0.3, -0.25) is 14.6 Å². The van der Waals surface area contributed by atoms with Crippen molar-refractivity contribution >= 4 is 33.2 Å². The van der Waals surface area contributed by atoms with Crippen LogP contribution in [0.3, 0.4) is 0 Å². The Morgan fingerprint density at radius 2 is 1.68 bits per heavy atom. The quantitative estimate of drug-likeness (QED) is 0.796. The lowest BCUT2D eigenvalue weighted by atomic mass is 9.99. The van der Waals surface area contributed by atoms with Crippen LogP contribution in [0.2, 0.25) is 0 Å². The number of hydrogen-bond donors (Lipinski definition) is 2. The van der Waals surface area contributed by atoms with E-state index in [0.717, 1.165) is 0 Å². The molecule has 2 N–H and O–H groups in total. The molecule has 8 nitrogen and oxygen atoms in total. The first kappa shape index (κ1) is 20.0. The molecular weight excluding hydrogens is 380 g/mol. The van der Waals surface area contributed by atoms with Crippen LogP contribution in [0.5, 0.6) is 0 Å². The Labute approximate surface area is 164 Å². The van der Waals surface area contributed by atoms with Gasteiger partial charge in [-0.1, -0.05) is 0 Å². The number of rotatable bonds is 5. The zero-order valence-electron chi connectivity index (χ0n) is 15.5. The number of aromatic nitrogens is 1. The maximum Gasteiger partial charge on any atom is 0.243 e. The molecule has 0 spiro atoms. The number of amides is 2. The van der Waals surface area contributed by atoms with Crippen LogP contribution in [0.25, 0.3) is 0 Å². The van der Waals surface area contributed by atoms with Crippen LogP contribution < -0.4 is 10.6 Å². The molecule has 1 aromatic heterocycles. The van der Waals surface area contributed by atoms with Gasteiger partial charge >= 0.3 is 0 Å². The lowest BCUT2D eigenvalue weighted by Crippen LogP contribution is -2.43. The molecule has 1 fully saturated rings. The van der Waals surface area contributed by atoms with E-state index in [-0.39, 0.29) is 23.3 Å². The first-order valence-corrected chi connectivity index (χ1v) is 10.4. The van der Waals surface area contributed by atoms with Crippen LogP contribution in [-0.4, -0.2) is 42.6 Å². The Bertz CT molecular complexity index is 946. The minimum absolute atomic E-state index is 0.132. The lowest BCUT2D eigenvalue weighted by Gasteiger charge is -2.31. The Balaban J connectivity index is 1.70. The third-order valence-electron chi connectivity index (χ3n) is 4.52. The molecule has 1 saturated heterocycles. The molecule has 28 heavy (non-hydrogen) atoms. The minimum Gasteiger partial charge on any atom is -0.326 e. The summed E-state index contributed by atoms with van der Waals surface area (Å²) in [4.78, 5) is 27.7. The Kier molecular flexibility index (Phi) is 6.05.